The summed E-state index contributed by atoms with van der Waals surface area (Å²) in [5.41, 5.74) is 3.57. The molecule has 0 heterocycles. The number of carbonyl (C=O) groups is 2. The van der Waals surface area contributed by atoms with E-state index in [1.54, 1.807) is 6.07 Å². The van der Waals surface area contributed by atoms with Gasteiger partial charge in [-0.2, -0.15) is 0 Å². The van der Waals surface area contributed by atoms with Crippen LogP contribution in [-0.2, 0) is 16.0 Å². The van der Waals surface area contributed by atoms with E-state index in [9.17, 15) is 9.59 Å². The van der Waals surface area contributed by atoms with Gasteiger partial charge in [-0.25, -0.2) is 4.79 Å². The van der Waals surface area contributed by atoms with Crippen LogP contribution >= 0.6 is 0 Å². The van der Waals surface area contributed by atoms with Gasteiger partial charge in [0.2, 0.25) is 0 Å². The molecule has 0 saturated heterocycles. The Bertz CT molecular complexity index is 725. The Morgan fingerprint density at radius 3 is 2.52 bits per heavy atom. The first-order valence-electron chi connectivity index (χ1n) is 8.53. The maximum absolute atomic E-state index is 12.1. The molecule has 0 aliphatic carbocycles. The molecular weight excluding hydrogens is 314 g/mol. The van der Waals surface area contributed by atoms with Crippen molar-refractivity contribution in [1.82, 2.24) is 5.32 Å². The van der Waals surface area contributed by atoms with Gasteiger partial charge in [0.05, 0.1) is 5.56 Å². The van der Waals surface area contributed by atoms with E-state index >= 15 is 0 Å². The molecule has 0 bridgehead atoms. The first-order chi connectivity index (χ1) is 12.0. The number of carbonyl (C=O) groups excluding carboxylic acids is 2. The van der Waals surface area contributed by atoms with Gasteiger partial charge < -0.3 is 10.1 Å². The molecular formula is C21H25NO3. The Morgan fingerprint density at radius 2 is 1.80 bits per heavy atom. The molecule has 2 aromatic carbocycles. The average molecular weight is 339 g/mol. The number of ether oxygens (including phenoxy) is 1. The Hall–Kier alpha value is -2.62. The van der Waals surface area contributed by atoms with Gasteiger partial charge in [0.15, 0.2) is 6.61 Å². The number of hydrogen-bond donors (Lipinski definition) is 1. The van der Waals surface area contributed by atoms with Gasteiger partial charge in [0, 0.05) is 6.04 Å². The molecule has 0 aromatic heterocycles. The van der Waals surface area contributed by atoms with Crippen LogP contribution in [0.15, 0.2) is 48.5 Å². The van der Waals surface area contributed by atoms with E-state index in [-0.39, 0.29) is 18.6 Å². The van der Waals surface area contributed by atoms with E-state index in [1.165, 1.54) is 5.56 Å². The van der Waals surface area contributed by atoms with E-state index in [4.69, 9.17) is 4.74 Å². The Kier molecular flexibility index (Phi) is 6.75. The molecule has 132 valence electrons. The third kappa shape index (κ3) is 6.07. The zero-order chi connectivity index (χ0) is 18.2. The highest BCUT2D eigenvalue weighted by atomic mass is 16.5. The van der Waals surface area contributed by atoms with Crippen molar-refractivity contribution in [2.45, 2.75) is 39.7 Å². The summed E-state index contributed by atoms with van der Waals surface area (Å²) in [5, 5.41) is 2.87. The minimum absolute atomic E-state index is 0.0205. The first kappa shape index (κ1) is 18.7. The van der Waals surface area contributed by atoms with Crippen LogP contribution in [0.1, 0.15) is 40.4 Å². The van der Waals surface area contributed by atoms with E-state index in [0.717, 1.165) is 24.0 Å². The van der Waals surface area contributed by atoms with E-state index in [1.807, 2.05) is 51.1 Å². The number of hydrogen-bond acceptors (Lipinski definition) is 3. The SMILES string of the molecule is Cc1ccc(C)c(C(=O)OCC(=O)N[C@H](C)CCc2ccccc2)c1. The molecule has 0 aliphatic rings. The normalized spacial score (nSPS) is 11.6. The van der Waals surface area contributed by atoms with Gasteiger partial charge in [-0.3, -0.25) is 4.79 Å². The summed E-state index contributed by atoms with van der Waals surface area (Å²) in [7, 11) is 0. The molecule has 2 rings (SSSR count). The maximum Gasteiger partial charge on any atom is 0.338 e. The predicted molar refractivity (Wildman–Crippen MR) is 98.6 cm³/mol. The van der Waals surface area contributed by atoms with E-state index in [0.29, 0.717) is 5.56 Å². The van der Waals surface area contributed by atoms with Crippen molar-refractivity contribution in [3.63, 3.8) is 0 Å². The molecule has 0 radical (unpaired) electrons. The number of nitrogens with one attached hydrogen (secondary N) is 1. The van der Waals surface area contributed by atoms with Crippen LogP contribution in [-0.4, -0.2) is 24.5 Å². The second kappa shape index (κ2) is 9.02. The van der Waals surface area contributed by atoms with Gasteiger partial charge in [-0.1, -0.05) is 48.0 Å². The van der Waals surface area contributed by atoms with Gasteiger partial charge >= 0.3 is 5.97 Å². The number of rotatable bonds is 7. The molecule has 2 aromatic rings. The zero-order valence-corrected chi connectivity index (χ0v) is 15.0. The summed E-state index contributed by atoms with van der Waals surface area (Å²) in [4.78, 5) is 24.1. The number of esters is 1. The zero-order valence-electron chi connectivity index (χ0n) is 15.0. The lowest BCUT2D eigenvalue weighted by Crippen LogP contribution is -2.36. The van der Waals surface area contributed by atoms with Crippen LogP contribution in [0.25, 0.3) is 0 Å². The second-order valence-electron chi connectivity index (χ2n) is 6.39. The van der Waals surface area contributed by atoms with Crippen molar-refractivity contribution in [2.24, 2.45) is 0 Å². The van der Waals surface area contributed by atoms with Crippen LogP contribution in [0, 0.1) is 13.8 Å². The quantitative estimate of drug-likeness (QED) is 0.784. The molecule has 0 fully saturated rings. The van der Waals surface area contributed by atoms with E-state index in [2.05, 4.69) is 17.4 Å². The highest BCUT2D eigenvalue weighted by molar-refractivity contribution is 5.92. The summed E-state index contributed by atoms with van der Waals surface area (Å²) in [5.74, 6) is -0.743. The van der Waals surface area contributed by atoms with Crippen molar-refractivity contribution in [2.75, 3.05) is 6.61 Å². The van der Waals surface area contributed by atoms with Crippen molar-refractivity contribution >= 4 is 11.9 Å². The van der Waals surface area contributed by atoms with Crippen molar-refractivity contribution < 1.29 is 14.3 Å². The number of benzene rings is 2. The van der Waals surface area contributed by atoms with Gasteiger partial charge in [-0.15, -0.1) is 0 Å². The van der Waals surface area contributed by atoms with Crippen molar-refractivity contribution in [1.29, 1.82) is 0 Å². The lowest BCUT2D eigenvalue weighted by atomic mass is 10.1. The predicted octanol–water partition coefficient (Wildman–Crippen LogP) is 3.60. The Morgan fingerprint density at radius 1 is 1.08 bits per heavy atom. The summed E-state index contributed by atoms with van der Waals surface area (Å²) < 4.78 is 5.14. The summed E-state index contributed by atoms with van der Waals surface area (Å²) in [6.45, 7) is 5.45. The standard InChI is InChI=1S/C21H25NO3/c1-15-9-10-16(2)19(13-15)21(24)25-14-20(23)22-17(3)11-12-18-7-5-4-6-8-18/h4-10,13,17H,11-12,14H2,1-3H3,(H,22,23)/t17-/m1/s1. The lowest BCUT2D eigenvalue weighted by molar-refractivity contribution is -0.124. The molecule has 0 aliphatic heterocycles. The summed E-state index contributed by atoms with van der Waals surface area (Å²) >= 11 is 0. The second-order valence-corrected chi connectivity index (χ2v) is 6.39. The smallest absolute Gasteiger partial charge is 0.338 e. The first-order valence-corrected chi connectivity index (χ1v) is 8.53. The lowest BCUT2D eigenvalue weighted by Gasteiger charge is -2.14. The fourth-order valence-electron chi connectivity index (χ4n) is 2.58. The molecule has 4 heteroatoms. The fraction of sp³-hybridized carbons (Fsp3) is 0.333. The van der Waals surface area contributed by atoms with Gasteiger partial charge in [0.25, 0.3) is 5.91 Å². The largest absolute Gasteiger partial charge is 0.452 e. The summed E-state index contributed by atoms with van der Waals surface area (Å²) in [6, 6.07) is 15.7. The molecule has 4 nitrogen and oxygen atoms in total. The fourth-order valence-corrected chi connectivity index (χ4v) is 2.58. The Labute approximate surface area is 149 Å². The minimum Gasteiger partial charge on any atom is -0.452 e. The van der Waals surface area contributed by atoms with Crippen molar-refractivity contribution in [3.05, 3.63) is 70.8 Å². The molecule has 1 atom stereocenters. The van der Waals surface area contributed by atoms with Crippen LogP contribution in [0.5, 0.6) is 0 Å². The monoisotopic (exact) mass is 339 g/mol. The van der Waals surface area contributed by atoms with Gasteiger partial charge in [0.1, 0.15) is 0 Å². The summed E-state index contributed by atoms with van der Waals surface area (Å²) in [6.07, 6.45) is 1.73. The maximum atomic E-state index is 12.1. The third-order valence-electron chi connectivity index (χ3n) is 4.06. The van der Waals surface area contributed by atoms with E-state index < -0.39 is 5.97 Å². The van der Waals surface area contributed by atoms with Crippen LogP contribution in [0.4, 0.5) is 0 Å². The van der Waals surface area contributed by atoms with Crippen LogP contribution in [0.2, 0.25) is 0 Å². The van der Waals surface area contributed by atoms with Gasteiger partial charge in [-0.05, 0) is 50.8 Å². The highest BCUT2D eigenvalue weighted by Crippen LogP contribution is 2.12. The van der Waals surface area contributed by atoms with Crippen LogP contribution in [0.3, 0.4) is 0 Å². The number of aryl methyl sites for hydroxylation is 3. The molecule has 1 amide bonds. The van der Waals surface area contributed by atoms with Crippen LogP contribution < -0.4 is 5.32 Å². The molecule has 0 saturated carbocycles. The highest BCUT2D eigenvalue weighted by Gasteiger charge is 2.14. The molecule has 1 N–H and O–H groups in total. The molecule has 25 heavy (non-hydrogen) atoms. The van der Waals surface area contributed by atoms with Crippen molar-refractivity contribution in [3.8, 4) is 0 Å². The number of amides is 1. The molecule has 0 unspecified atom stereocenters. The minimum atomic E-state index is -0.465. The Balaban J connectivity index is 1.76. The average Bonchev–Trinajstić information content (AvgIpc) is 2.61. The third-order valence-corrected chi connectivity index (χ3v) is 4.06. The topological polar surface area (TPSA) is 55.4 Å². The molecule has 0 spiro atoms.